The van der Waals surface area contributed by atoms with Crippen LogP contribution in [0.15, 0.2) is 24.3 Å². The van der Waals surface area contributed by atoms with Crippen molar-refractivity contribution < 1.29 is 4.79 Å². The highest BCUT2D eigenvalue weighted by Gasteiger charge is 2.21. The molecule has 1 atom stereocenters. The summed E-state index contributed by atoms with van der Waals surface area (Å²) in [4.78, 5) is 14.6. The number of carbonyl (C=O) groups is 1. The fourth-order valence-corrected chi connectivity index (χ4v) is 3.00. The lowest BCUT2D eigenvalue weighted by Gasteiger charge is -2.28. The van der Waals surface area contributed by atoms with E-state index in [0.29, 0.717) is 6.04 Å². The first-order valence-electron chi connectivity index (χ1n) is 7.12. The van der Waals surface area contributed by atoms with Gasteiger partial charge in [-0.25, -0.2) is 0 Å². The van der Waals surface area contributed by atoms with Crippen molar-refractivity contribution in [2.45, 2.75) is 39.3 Å². The Morgan fingerprint density at radius 1 is 1.35 bits per heavy atom. The van der Waals surface area contributed by atoms with Crippen LogP contribution in [0.1, 0.15) is 37.6 Å². The summed E-state index contributed by atoms with van der Waals surface area (Å²) in [6.45, 7) is 6.28. The van der Waals surface area contributed by atoms with Crippen molar-refractivity contribution in [1.29, 1.82) is 0 Å². The van der Waals surface area contributed by atoms with Gasteiger partial charge in [0.25, 0.3) is 5.91 Å². The van der Waals surface area contributed by atoms with Crippen molar-refractivity contribution in [1.82, 2.24) is 4.90 Å². The SMILES string of the molecule is CCC(CSC)N(C)C(=O)c1ccccc1NC(C)C. The number of benzene rings is 1. The second-order valence-corrected chi connectivity index (χ2v) is 6.19. The number of hydrogen-bond donors (Lipinski definition) is 1. The third-order valence-corrected chi connectivity index (χ3v) is 4.02. The maximum absolute atomic E-state index is 12.7. The monoisotopic (exact) mass is 294 g/mol. The molecule has 0 heterocycles. The molecule has 20 heavy (non-hydrogen) atoms. The normalized spacial score (nSPS) is 12.3. The quantitative estimate of drug-likeness (QED) is 0.832. The number of nitrogens with one attached hydrogen (secondary N) is 1. The molecule has 1 aromatic rings. The Labute approximate surface area is 127 Å². The van der Waals surface area contributed by atoms with Gasteiger partial charge in [0.15, 0.2) is 0 Å². The summed E-state index contributed by atoms with van der Waals surface area (Å²) in [7, 11) is 1.90. The van der Waals surface area contributed by atoms with Crippen molar-refractivity contribution in [2.75, 3.05) is 24.4 Å². The first kappa shape index (κ1) is 16.9. The van der Waals surface area contributed by atoms with Crippen LogP contribution in [-0.2, 0) is 0 Å². The molecule has 1 amide bonds. The van der Waals surface area contributed by atoms with E-state index in [1.807, 2.05) is 36.2 Å². The molecule has 0 radical (unpaired) electrons. The lowest BCUT2D eigenvalue weighted by molar-refractivity contribution is 0.0744. The predicted octanol–water partition coefficient (Wildman–Crippen LogP) is 3.72. The van der Waals surface area contributed by atoms with E-state index in [0.717, 1.165) is 23.4 Å². The summed E-state index contributed by atoms with van der Waals surface area (Å²) in [6.07, 6.45) is 3.05. The zero-order valence-corrected chi connectivity index (χ0v) is 14.0. The maximum atomic E-state index is 12.7. The Hall–Kier alpha value is -1.16. The molecule has 1 unspecified atom stereocenters. The topological polar surface area (TPSA) is 32.3 Å². The van der Waals surface area contributed by atoms with Crippen molar-refractivity contribution in [3.05, 3.63) is 29.8 Å². The minimum absolute atomic E-state index is 0.0923. The third-order valence-electron chi connectivity index (χ3n) is 3.30. The largest absolute Gasteiger partial charge is 0.382 e. The molecule has 0 aliphatic heterocycles. The molecule has 0 aromatic heterocycles. The maximum Gasteiger partial charge on any atom is 0.255 e. The van der Waals surface area contributed by atoms with Gasteiger partial charge < -0.3 is 10.2 Å². The molecule has 0 fully saturated rings. The number of nitrogens with zero attached hydrogens (tertiary/aromatic N) is 1. The fourth-order valence-electron chi connectivity index (χ4n) is 2.16. The van der Waals surface area contributed by atoms with Gasteiger partial charge in [-0.3, -0.25) is 4.79 Å². The minimum Gasteiger partial charge on any atom is -0.382 e. The number of anilines is 1. The van der Waals surface area contributed by atoms with Crippen molar-refractivity contribution in [3.63, 3.8) is 0 Å². The Bertz CT molecular complexity index is 434. The summed E-state index contributed by atoms with van der Waals surface area (Å²) in [6, 6.07) is 8.33. The molecule has 1 N–H and O–H groups in total. The Balaban J connectivity index is 2.96. The van der Waals surface area contributed by atoms with Gasteiger partial charge >= 0.3 is 0 Å². The van der Waals surface area contributed by atoms with Gasteiger partial charge in [0, 0.05) is 30.6 Å². The van der Waals surface area contributed by atoms with Gasteiger partial charge in [-0.05, 0) is 38.7 Å². The Kier molecular flexibility index (Phi) is 6.93. The molecule has 0 spiro atoms. The number of thioether (sulfide) groups is 1. The summed E-state index contributed by atoms with van der Waals surface area (Å²) >= 11 is 1.78. The highest BCUT2D eigenvalue weighted by molar-refractivity contribution is 7.98. The highest BCUT2D eigenvalue weighted by atomic mass is 32.2. The molecule has 0 aliphatic rings. The van der Waals surface area contributed by atoms with Crippen LogP contribution in [0.2, 0.25) is 0 Å². The van der Waals surface area contributed by atoms with Crippen LogP contribution in [0.25, 0.3) is 0 Å². The average molecular weight is 294 g/mol. The van der Waals surface area contributed by atoms with Gasteiger partial charge in [-0.2, -0.15) is 11.8 Å². The van der Waals surface area contributed by atoms with E-state index in [2.05, 4.69) is 32.3 Å². The average Bonchev–Trinajstić information content (AvgIpc) is 2.43. The minimum atomic E-state index is 0.0923. The van der Waals surface area contributed by atoms with E-state index in [-0.39, 0.29) is 11.9 Å². The van der Waals surface area contributed by atoms with Crippen LogP contribution in [0.5, 0.6) is 0 Å². The smallest absolute Gasteiger partial charge is 0.255 e. The van der Waals surface area contributed by atoms with Crippen molar-refractivity contribution >= 4 is 23.4 Å². The van der Waals surface area contributed by atoms with E-state index >= 15 is 0 Å². The predicted molar refractivity (Wildman–Crippen MR) is 89.8 cm³/mol. The molecule has 0 aliphatic carbocycles. The molecular weight excluding hydrogens is 268 g/mol. The summed E-state index contributed by atoms with van der Waals surface area (Å²) in [5, 5.41) is 3.35. The van der Waals surface area contributed by atoms with Crippen LogP contribution in [-0.4, -0.2) is 41.9 Å². The van der Waals surface area contributed by atoms with Crippen LogP contribution in [0.4, 0.5) is 5.69 Å². The van der Waals surface area contributed by atoms with Crippen LogP contribution in [0.3, 0.4) is 0 Å². The van der Waals surface area contributed by atoms with E-state index < -0.39 is 0 Å². The number of amides is 1. The first-order chi connectivity index (χ1) is 9.51. The van der Waals surface area contributed by atoms with Crippen LogP contribution < -0.4 is 5.32 Å². The lowest BCUT2D eigenvalue weighted by atomic mass is 10.1. The molecule has 1 aromatic carbocycles. The second kappa shape index (κ2) is 8.20. The zero-order valence-electron chi connectivity index (χ0n) is 13.1. The lowest BCUT2D eigenvalue weighted by Crippen LogP contribution is -2.38. The number of carbonyl (C=O) groups excluding carboxylic acids is 1. The summed E-state index contributed by atoms with van der Waals surface area (Å²) in [5.41, 5.74) is 1.67. The molecule has 0 bridgehead atoms. The molecule has 112 valence electrons. The molecule has 0 saturated carbocycles. The van der Waals surface area contributed by atoms with Gasteiger partial charge in [0.2, 0.25) is 0 Å². The Morgan fingerprint density at radius 2 is 2.00 bits per heavy atom. The highest BCUT2D eigenvalue weighted by Crippen LogP contribution is 2.20. The zero-order chi connectivity index (χ0) is 15.1. The van der Waals surface area contributed by atoms with E-state index in [4.69, 9.17) is 0 Å². The van der Waals surface area contributed by atoms with E-state index in [9.17, 15) is 4.79 Å². The number of rotatable bonds is 7. The van der Waals surface area contributed by atoms with Crippen molar-refractivity contribution in [2.24, 2.45) is 0 Å². The summed E-state index contributed by atoms with van der Waals surface area (Å²) < 4.78 is 0. The molecule has 4 heteroatoms. The fraction of sp³-hybridized carbons (Fsp3) is 0.562. The van der Waals surface area contributed by atoms with Crippen LogP contribution in [0, 0.1) is 0 Å². The van der Waals surface area contributed by atoms with E-state index in [1.54, 1.807) is 11.8 Å². The number of hydrogen-bond acceptors (Lipinski definition) is 3. The van der Waals surface area contributed by atoms with Gasteiger partial charge in [0.1, 0.15) is 0 Å². The van der Waals surface area contributed by atoms with E-state index in [1.165, 1.54) is 0 Å². The molecule has 0 saturated heterocycles. The van der Waals surface area contributed by atoms with Crippen LogP contribution >= 0.6 is 11.8 Å². The summed E-state index contributed by atoms with van der Waals surface area (Å²) in [5.74, 6) is 1.06. The standard InChI is InChI=1S/C16H26N2OS/c1-6-13(11-20-5)18(4)16(19)14-9-7-8-10-15(14)17-12(2)3/h7-10,12-13,17H,6,11H2,1-5H3. The molecule has 3 nitrogen and oxygen atoms in total. The Morgan fingerprint density at radius 3 is 2.55 bits per heavy atom. The number of para-hydroxylation sites is 1. The molecular formula is C16H26N2OS. The van der Waals surface area contributed by atoms with Crippen molar-refractivity contribution in [3.8, 4) is 0 Å². The third kappa shape index (κ3) is 4.44. The second-order valence-electron chi connectivity index (χ2n) is 5.28. The van der Waals surface area contributed by atoms with Gasteiger partial charge in [0.05, 0.1) is 5.56 Å². The van der Waals surface area contributed by atoms with Gasteiger partial charge in [-0.1, -0.05) is 19.1 Å². The van der Waals surface area contributed by atoms with Gasteiger partial charge in [-0.15, -0.1) is 0 Å². The molecule has 1 rings (SSSR count). The first-order valence-corrected chi connectivity index (χ1v) is 8.52.